The Hall–Kier alpha value is -2.63. The number of nitro groups is 1. The summed E-state index contributed by atoms with van der Waals surface area (Å²) in [6.07, 6.45) is 0.614. The molecule has 1 N–H and O–H groups in total. The van der Waals surface area contributed by atoms with Crippen LogP contribution < -0.4 is 10.1 Å². The maximum Gasteiger partial charge on any atom is 0.292 e. The van der Waals surface area contributed by atoms with Gasteiger partial charge in [-0.3, -0.25) is 10.1 Å². The van der Waals surface area contributed by atoms with Crippen molar-refractivity contribution in [2.45, 2.75) is 12.5 Å². The molecule has 1 atom stereocenters. The van der Waals surface area contributed by atoms with Crippen LogP contribution in [0.25, 0.3) is 0 Å². The number of hydrogen-bond donors (Lipinski definition) is 1. The van der Waals surface area contributed by atoms with E-state index in [1.807, 2.05) is 0 Å². The van der Waals surface area contributed by atoms with Crippen LogP contribution in [-0.4, -0.2) is 11.5 Å². The lowest BCUT2D eigenvalue weighted by Gasteiger charge is -2.27. The van der Waals surface area contributed by atoms with Crippen molar-refractivity contribution in [1.82, 2.24) is 0 Å². The van der Waals surface area contributed by atoms with Crippen molar-refractivity contribution in [3.05, 3.63) is 64.0 Å². The quantitative estimate of drug-likeness (QED) is 0.691. The van der Waals surface area contributed by atoms with Crippen LogP contribution in [0.15, 0.2) is 42.5 Å². The number of fused-ring (bicyclic) bond motifs is 1. The molecule has 0 amide bonds. The van der Waals surface area contributed by atoms with Crippen LogP contribution >= 0.6 is 0 Å². The predicted molar refractivity (Wildman–Crippen MR) is 76.0 cm³/mol. The van der Waals surface area contributed by atoms with E-state index in [4.69, 9.17) is 4.74 Å². The Morgan fingerprint density at radius 3 is 2.90 bits per heavy atom. The lowest BCUT2D eigenvalue weighted by atomic mass is 10.00. The van der Waals surface area contributed by atoms with Crippen LogP contribution in [0.1, 0.15) is 18.0 Å². The molecule has 0 radical (unpaired) electrons. The SMILES string of the molecule is O=[N+]([O-])c1ccccc1NC1CCOc2ccc(F)cc21. The summed E-state index contributed by atoms with van der Waals surface area (Å²) in [5.74, 6) is 0.257. The molecule has 5 nitrogen and oxygen atoms in total. The highest BCUT2D eigenvalue weighted by molar-refractivity contribution is 5.62. The third-order valence-electron chi connectivity index (χ3n) is 3.44. The standard InChI is InChI=1S/C15H13FN2O3/c16-10-5-6-15-11(9-10)12(7-8-21-15)17-13-3-1-2-4-14(13)18(19)20/h1-6,9,12,17H,7-8H2. The van der Waals surface area contributed by atoms with E-state index < -0.39 is 4.92 Å². The Labute approximate surface area is 120 Å². The molecular weight excluding hydrogens is 275 g/mol. The minimum Gasteiger partial charge on any atom is -0.493 e. The van der Waals surface area contributed by atoms with E-state index in [-0.39, 0.29) is 17.5 Å². The molecule has 1 aliphatic rings. The van der Waals surface area contributed by atoms with Crippen molar-refractivity contribution < 1.29 is 14.1 Å². The van der Waals surface area contributed by atoms with Crippen molar-refractivity contribution in [2.24, 2.45) is 0 Å². The fourth-order valence-electron chi connectivity index (χ4n) is 2.46. The number of ether oxygens (including phenoxy) is 1. The molecule has 21 heavy (non-hydrogen) atoms. The molecule has 0 spiro atoms. The van der Waals surface area contributed by atoms with Gasteiger partial charge in [-0.05, 0) is 24.3 Å². The van der Waals surface area contributed by atoms with Gasteiger partial charge in [0.2, 0.25) is 0 Å². The van der Waals surface area contributed by atoms with E-state index in [2.05, 4.69) is 5.32 Å². The molecule has 0 aromatic heterocycles. The van der Waals surface area contributed by atoms with Gasteiger partial charge in [0.1, 0.15) is 17.3 Å². The smallest absolute Gasteiger partial charge is 0.292 e. The Morgan fingerprint density at radius 1 is 1.29 bits per heavy atom. The van der Waals surface area contributed by atoms with Gasteiger partial charge in [0.15, 0.2) is 0 Å². The Bertz CT molecular complexity index is 690. The van der Waals surface area contributed by atoms with Crippen LogP contribution in [0, 0.1) is 15.9 Å². The van der Waals surface area contributed by atoms with Crippen molar-refractivity contribution >= 4 is 11.4 Å². The second kappa shape index (κ2) is 5.40. The van der Waals surface area contributed by atoms with Gasteiger partial charge in [-0.15, -0.1) is 0 Å². The van der Waals surface area contributed by atoms with E-state index >= 15 is 0 Å². The highest BCUT2D eigenvalue weighted by Gasteiger charge is 2.24. The van der Waals surface area contributed by atoms with E-state index in [1.165, 1.54) is 18.2 Å². The van der Waals surface area contributed by atoms with Gasteiger partial charge in [-0.1, -0.05) is 12.1 Å². The summed E-state index contributed by atoms with van der Waals surface area (Å²) in [6, 6.07) is 10.5. The second-order valence-electron chi connectivity index (χ2n) is 4.79. The van der Waals surface area contributed by atoms with Crippen LogP contribution in [0.4, 0.5) is 15.8 Å². The average Bonchev–Trinajstić information content (AvgIpc) is 2.48. The van der Waals surface area contributed by atoms with Crippen LogP contribution in [0.5, 0.6) is 5.75 Å². The predicted octanol–water partition coefficient (Wildman–Crippen LogP) is 3.67. The summed E-state index contributed by atoms with van der Waals surface area (Å²) < 4.78 is 18.9. The average molecular weight is 288 g/mol. The van der Waals surface area contributed by atoms with Gasteiger partial charge in [0, 0.05) is 18.1 Å². The minimum atomic E-state index is -0.436. The lowest BCUT2D eigenvalue weighted by molar-refractivity contribution is -0.384. The zero-order valence-corrected chi connectivity index (χ0v) is 11.1. The molecule has 108 valence electrons. The first kappa shape index (κ1) is 13.4. The van der Waals surface area contributed by atoms with E-state index in [9.17, 15) is 14.5 Å². The number of benzene rings is 2. The maximum absolute atomic E-state index is 13.4. The largest absolute Gasteiger partial charge is 0.493 e. The normalized spacial score (nSPS) is 16.7. The first-order valence-electron chi connectivity index (χ1n) is 6.57. The van der Waals surface area contributed by atoms with Gasteiger partial charge in [0.25, 0.3) is 5.69 Å². The molecule has 2 aromatic rings. The number of hydrogen-bond acceptors (Lipinski definition) is 4. The summed E-state index contributed by atoms with van der Waals surface area (Å²) in [5.41, 5.74) is 1.10. The van der Waals surface area contributed by atoms with Crippen LogP contribution in [-0.2, 0) is 0 Å². The molecule has 6 heteroatoms. The fourth-order valence-corrected chi connectivity index (χ4v) is 2.46. The second-order valence-corrected chi connectivity index (χ2v) is 4.79. The first-order chi connectivity index (χ1) is 10.1. The fraction of sp³-hybridized carbons (Fsp3) is 0.200. The summed E-state index contributed by atoms with van der Waals surface area (Å²) >= 11 is 0. The molecule has 0 aliphatic carbocycles. The monoisotopic (exact) mass is 288 g/mol. The molecule has 0 bridgehead atoms. The number of anilines is 1. The van der Waals surface area contributed by atoms with E-state index in [0.29, 0.717) is 30.0 Å². The molecule has 2 aromatic carbocycles. The third-order valence-corrected chi connectivity index (χ3v) is 3.44. The number of nitrogens with zero attached hydrogens (tertiary/aromatic N) is 1. The highest BCUT2D eigenvalue weighted by Crippen LogP contribution is 2.36. The van der Waals surface area contributed by atoms with Crippen molar-refractivity contribution in [1.29, 1.82) is 0 Å². The van der Waals surface area contributed by atoms with Gasteiger partial charge >= 0.3 is 0 Å². The molecule has 1 heterocycles. The van der Waals surface area contributed by atoms with Crippen LogP contribution in [0.3, 0.4) is 0 Å². The van der Waals surface area contributed by atoms with E-state index in [0.717, 1.165) is 0 Å². The number of nitro benzene ring substituents is 1. The van der Waals surface area contributed by atoms with Gasteiger partial charge in [0.05, 0.1) is 17.6 Å². The summed E-state index contributed by atoms with van der Waals surface area (Å²) in [4.78, 5) is 10.6. The Kier molecular flexibility index (Phi) is 3.43. The molecule has 3 rings (SSSR count). The maximum atomic E-state index is 13.4. The zero-order valence-electron chi connectivity index (χ0n) is 11.1. The highest BCUT2D eigenvalue weighted by atomic mass is 19.1. The van der Waals surface area contributed by atoms with Crippen LogP contribution in [0.2, 0.25) is 0 Å². The molecular formula is C15H13FN2O3. The minimum absolute atomic E-state index is 0.00180. The summed E-state index contributed by atoms with van der Waals surface area (Å²) in [7, 11) is 0. The van der Waals surface area contributed by atoms with E-state index in [1.54, 1.807) is 24.3 Å². The van der Waals surface area contributed by atoms with Gasteiger partial charge in [-0.25, -0.2) is 4.39 Å². The number of nitrogens with one attached hydrogen (secondary N) is 1. The van der Waals surface area contributed by atoms with Crippen molar-refractivity contribution in [2.75, 3.05) is 11.9 Å². The molecule has 0 saturated heterocycles. The summed E-state index contributed by atoms with van der Waals surface area (Å²) in [6.45, 7) is 0.483. The summed E-state index contributed by atoms with van der Waals surface area (Å²) in [5, 5.41) is 14.2. The van der Waals surface area contributed by atoms with Crippen molar-refractivity contribution in [3.63, 3.8) is 0 Å². The number of rotatable bonds is 3. The number of halogens is 1. The Morgan fingerprint density at radius 2 is 2.10 bits per heavy atom. The lowest BCUT2D eigenvalue weighted by Crippen LogP contribution is -2.21. The Balaban J connectivity index is 1.94. The van der Waals surface area contributed by atoms with Gasteiger partial charge < -0.3 is 10.1 Å². The third kappa shape index (κ3) is 2.65. The van der Waals surface area contributed by atoms with Gasteiger partial charge in [-0.2, -0.15) is 0 Å². The zero-order chi connectivity index (χ0) is 14.8. The molecule has 0 saturated carbocycles. The number of para-hydroxylation sites is 2. The molecule has 1 aliphatic heterocycles. The molecule has 1 unspecified atom stereocenters. The molecule has 0 fully saturated rings. The topological polar surface area (TPSA) is 64.4 Å². The first-order valence-corrected chi connectivity index (χ1v) is 6.57. The van der Waals surface area contributed by atoms with Crippen molar-refractivity contribution in [3.8, 4) is 5.75 Å².